The van der Waals surface area contributed by atoms with Crippen LogP contribution in [0.25, 0.3) is 0 Å². The standard InChI is InChI=1S/C13H18N4O/c1-2-3-7-17-12(15-16-13(17)18)9-10-5-4-6-11(14)8-10/h4-6,8H,2-3,7,9,14H2,1H3,(H,16,18). The number of unbranched alkanes of at least 4 members (excludes halogenated alkanes) is 1. The first-order valence-electron chi connectivity index (χ1n) is 6.19. The Balaban J connectivity index is 2.21. The second-order valence-electron chi connectivity index (χ2n) is 4.37. The molecule has 0 aliphatic heterocycles. The highest BCUT2D eigenvalue weighted by Gasteiger charge is 2.08. The van der Waals surface area contributed by atoms with Crippen LogP contribution < -0.4 is 11.4 Å². The molecule has 0 fully saturated rings. The first-order chi connectivity index (χ1) is 8.70. The van der Waals surface area contributed by atoms with Crippen LogP contribution in [0.3, 0.4) is 0 Å². The number of anilines is 1. The molecule has 0 bridgehead atoms. The van der Waals surface area contributed by atoms with E-state index < -0.39 is 0 Å². The maximum atomic E-state index is 11.6. The molecule has 18 heavy (non-hydrogen) atoms. The highest BCUT2D eigenvalue weighted by molar-refractivity contribution is 5.41. The number of hydrogen-bond acceptors (Lipinski definition) is 3. The molecule has 0 amide bonds. The molecule has 0 saturated heterocycles. The third-order valence-electron chi connectivity index (χ3n) is 2.89. The number of rotatable bonds is 5. The lowest BCUT2D eigenvalue weighted by molar-refractivity contribution is 0.594. The zero-order valence-electron chi connectivity index (χ0n) is 10.5. The van der Waals surface area contributed by atoms with Crippen molar-refractivity contribution >= 4 is 5.69 Å². The Bertz CT molecular complexity index is 570. The Morgan fingerprint density at radius 1 is 1.44 bits per heavy atom. The van der Waals surface area contributed by atoms with Crippen LogP contribution in [0.4, 0.5) is 5.69 Å². The van der Waals surface area contributed by atoms with Gasteiger partial charge in [-0.25, -0.2) is 9.89 Å². The molecule has 0 aliphatic rings. The van der Waals surface area contributed by atoms with Gasteiger partial charge in [-0.1, -0.05) is 25.5 Å². The van der Waals surface area contributed by atoms with Crippen LogP contribution in [0.2, 0.25) is 0 Å². The molecule has 1 aromatic carbocycles. The van der Waals surface area contributed by atoms with Crippen molar-refractivity contribution in [1.29, 1.82) is 0 Å². The van der Waals surface area contributed by atoms with Crippen molar-refractivity contribution in [3.63, 3.8) is 0 Å². The Morgan fingerprint density at radius 3 is 3.00 bits per heavy atom. The van der Waals surface area contributed by atoms with Crippen LogP contribution in [-0.2, 0) is 13.0 Å². The smallest absolute Gasteiger partial charge is 0.343 e. The van der Waals surface area contributed by atoms with Crippen molar-refractivity contribution in [3.8, 4) is 0 Å². The van der Waals surface area contributed by atoms with Crippen molar-refractivity contribution in [2.75, 3.05) is 5.73 Å². The second-order valence-corrected chi connectivity index (χ2v) is 4.37. The number of H-pyrrole nitrogens is 1. The van der Waals surface area contributed by atoms with Gasteiger partial charge in [0.05, 0.1) is 0 Å². The number of nitrogens with one attached hydrogen (secondary N) is 1. The van der Waals surface area contributed by atoms with Gasteiger partial charge in [-0.3, -0.25) is 4.57 Å². The van der Waals surface area contributed by atoms with Gasteiger partial charge in [0.2, 0.25) is 0 Å². The molecule has 96 valence electrons. The van der Waals surface area contributed by atoms with E-state index in [2.05, 4.69) is 17.1 Å². The predicted molar refractivity (Wildman–Crippen MR) is 71.4 cm³/mol. The van der Waals surface area contributed by atoms with E-state index in [9.17, 15) is 4.79 Å². The van der Waals surface area contributed by atoms with Crippen molar-refractivity contribution in [3.05, 3.63) is 46.1 Å². The van der Waals surface area contributed by atoms with Gasteiger partial charge in [0, 0.05) is 18.7 Å². The zero-order chi connectivity index (χ0) is 13.0. The average Bonchev–Trinajstić information content (AvgIpc) is 2.68. The van der Waals surface area contributed by atoms with Crippen LogP contribution in [-0.4, -0.2) is 14.8 Å². The van der Waals surface area contributed by atoms with Gasteiger partial charge in [0.15, 0.2) is 0 Å². The molecule has 0 saturated carbocycles. The van der Waals surface area contributed by atoms with Crippen molar-refractivity contribution in [2.24, 2.45) is 0 Å². The summed E-state index contributed by atoms with van der Waals surface area (Å²) in [4.78, 5) is 11.6. The zero-order valence-corrected chi connectivity index (χ0v) is 10.5. The number of nitrogens with two attached hydrogens (primary N) is 1. The third-order valence-corrected chi connectivity index (χ3v) is 2.89. The molecule has 1 aromatic heterocycles. The Labute approximate surface area is 106 Å². The summed E-state index contributed by atoms with van der Waals surface area (Å²) in [6.07, 6.45) is 2.65. The molecule has 0 radical (unpaired) electrons. The van der Waals surface area contributed by atoms with Gasteiger partial charge in [0.25, 0.3) is 0 Å². The molecule has 1 heterocycles. The monoisotopic (exact) mass is 246 g/mol. The van der Waals surface area contributed by atoms with E-state index in [1.807, 2.05) is 24.3 Å². The fourth-order valence-corrected chi connectivity index (χ4v) is 1.92. The summed E-state index contributed by atoms with van der Waals surface area (Å²) in [5.41, 5.74) is 7.39. The largest absolute Gasteiger partial charge is 0.399 e. The molecule has 5 heteroatoms. The minimum absolute atomic E-state index is 0.137. The molecule has 0 unspecified atom stereocenters. The second kappa shape index (κ2) is 5.53. The normalized spacial score (nSPS) is 10.7. The topological polar surface area (TPSA) is 76.7 Å². The maximum absolute atomic E-state index is 11.6. The molecule has 0 spiro atoms. The fraction of sp³-hybridized carbons (Fsp3) is 0.385. The van der Waals surface area contributed by atoms with Crippen molar-refractivity contribution in [2.45, 2.75) is 32.7 Å². The number of nitrogen functional groups attached to an aromatic ring is 1. The highest BCUT2D eigenvalue weighted by Crippen LogP contribution is 2.10. The minimum Gasteiger partial charge on any atom is -0.399 e. The van der Waals surface area contributed by atoms with Gasteiger partial charge in [0.1, 0.15) is 5.82 Å². The van der Waals surface area contributed by atoms with Gasteiger partial charge < -0.3 is 5.73 Å². The lowest BCUT2D eigenvalue weighted by Gasteiger charge is -2.05. The summed E-state index contributed by atoms with van der Waals surface area (Å²) in [5.74, 6) is 0.763. The van der Waals surface area contributed by atoms with E-state index >= 15 is 0 Å². The first-order valence-corrected chi connectivity index (χ1v) is 6.19. The number of aromatic nitrogens is 3. The molecular formula is C13H18N4O. The van der Waals surface area contributed by atoms with Crippen LogP contribution in [0.15, 0.2) is 29.1 Å². The summed E-state index contributed by atoms with van der Waals surface area (Å²) >= 11 is 0. The third kappa shape index (κ3) is 2.80. The lowest BCUT2D eigenvalue weighted by Crippen LogP contribution is -2.19. The molecule has 2 aromatic rings. The van der Waals surface area contributed by atoms with Crippen molar-refractivity contribution < 1.29 is 0 Å². The van der Waals surface area contributed by atoms with E-state index in [-0.39, 0.29) is 5.69 Å². The molecule has 2 rings (SSSR count). The number of hydrogen-bond donors (Lipinski definition) is 2. The Morgan fingerprint density at radius 2 is 2.28 bits per heavy atom. The molecule has 3 N–H and O–H groups in total. The maximum Gasteiger partial charge on any atom is 0.343 e. The van der Waals surface area contributed by atoms with Crippen LogP contribution in [0, 0.1) is 0 Å². The summed E-state index contributed by atoms with van der Waals surface area (Å²) in [6, 6.07) is 7.65. The number of benzene rings is 1. The van der Waals surface area contributed by atoms with Gasteiger partial charge in [-0.15, -0.1) is 0 Å². The number of aromatic amines is 1. The highest BCUT2D eigenvalue weighted by atomic mass is 16.1. The average molecular weight is 246 g/mol. The van der Waals surface area contributed by atoms with Gasteiger partial charge in [-0.2, -0.15) is 5.10 Å². The lowest BCUT2D eigenvalue weighted by atomic mass is 10.1. The molecule has 0 atom stereocenters. The van der Waals surface area contributed by atoms with Crippen LogP contribution in [0.1, 0.15) is 31.2 Å². The van der Waals surface area contributed by atoms with E-state index in [1.54, 1.807) is 4.57 Å². The van der Waals surface area contributed by atoms with E-state index in [4.69, 9.17) is 5.73 Å². The van der Waals surface area contributed by atoms with Crippen molar-refractivity contribution in [1.82, 2.24) is 14.8 Å². The quantitative estimate of drug-likeness (QED) is 0.786. The Kier molecular flexibility index (Phi) is 3.82. The first kappa shape index (κ1) is 12.4. The summed E-state index contributed by atoms with van der Waals surface area (Å²) in [6.45, 7) is 2.81. The summed E-state index contributed by atoms with van der Waals surface area (Å²) < 4.78 is 1.70. The van der Waals surface area contributed by atoms with Gasteiger partial charge in [-0.05, 0) is 24.1 Å². The summed E-state index contributed by atoms with van der Waals surface area (Å²) in [7, 11) is 0. The van der Waals surface area contributed by atoms with E-state index in [0.29, 0.717) is 13.0 Å². The molecular weight excluding hydrogens is 228 g/mol. The van der Waals surface area contributed by atoms with E-state index in [1.165, 1.54) is 0 Å². The van der Waals surface area contributed by atoms with E-state index in [0.717, 1.165) is 29.9 Å². The Hall–Kier alpha value is -2.04. The van der Waals surface area contributed by atoms with Gasteiger partial charge >= 0.3 is 5.69 Å². The number of nitrogens with zero attached hydrogens (tertiary/aromatic N) is 2. The minimum atomic E-state index is -0.137. The summed E-state index contributed by atoms with van der Waals surface area (Å²) in [5, 5.41) is 6.59. The van der Waals surface area contributed by atoms with Crippen LogP contribution >= 0.6 is 0 Å². The predicted octanol–water partition coefficient (Wildman–Crippen LogP) is 1.54. The van der Waals surface area contributed by atoms with Crippen LogP contribution in [0.5, 0.6) is 0 Å². The molecule has 5 nitrogen and oxygen atoms in total. The SMILES string of the molecule is CCCCn1c(Cc2cccc(N)c2)n[nH]c1=O. The molecule has 0 aliphatic carbocycles. The fourth-order valence-electron chi connectivity index (χ4n) is 1.92.